The fourth-order valence-electron chi connectivity index (χ4n) is 2.49. The summed E-state index contributed by atoms with van der Waals surface area (Å²) in [5.74, 6) is 0.259. The summed E-state index contributed by atoms with van der Waals surface area (Å²) in [7, 11) is 1.52. The number of anilines is 1. The smallest absolute Gasteiger partial charge is 0.257 e. The highest BCUT2D eigenvalue weighted by molar-refractivity contribution is 6.01. The van der Waals surface area contributed by atoms with Crippen LogP contribution in [0.1, 0.15) is 36.0 Å². The van der Waals surface area contributed by atoms with Gasteiger partial charge in [-0.3, -0.25) is 4.79 Å². The molecule has 1 aromatic rings. The minimum Gasteiger partial charge on any atom is -0.496 e. The number of carbonyl (C=O) groups is 1. The van der Waals surface area contributed by atoms with Gasteiger partial charge in [0.2, 0.25) is 0 Å². The van der Waals surface area contributed by atoms with E-state index in [1.54, 1.807) is 18.2 Å². The second kappa shape index (κ2) is 7.14. The molecule has 2 rings (SSSR count). The predicted octanol–water partition coefficient (Wildman–Crippen LogP) is 1.97. The fourth-order valence-corrected chi connectivity index (χ4v) is 2.49. The third-order valence-corrected chi connectivity index (χ3v) is 3.55. The van der Waals surface area contributed by atoms with Crippen LogP contribution in [0, 0.1) is 0 Å². The van der Waals surface area contributed by atoms with Gasteiger partial charge in [0, 0.05) is 12.2 Å². The first kappa shape index (κ1) is 14.7. The van der Waals surface area contributed by atoms with E-state index in [0.29, 0.717) is 36.3 Å². The van der Waals surface area contributed by atoms with Crippen LogP contribution < -0.4 is 15.8 Å². The van der Waals surface area contributed by atoms with Crippen molar-refractivity contribution in [2.45, 2.75) is 31.8 Å². The van der Waals surface area contributed by atoms with Gasteiger partial charge in [-0.1, -0.05) is 18.9 Å². The number of rotatable bonds is 6. The molecule has 3 N–H and O–H groups in total. The molecule has 1 aliphatic carbocycles. The van der Waals surface area contributed by atoms with E-state index >= 15 is 0 Å². The van der Waals surface area contributed by atoms with Gasteiger partial charge in [-0.05, 0) is 25.0 Å². The molecule has 0 unspecified atom stereocenters. The second-order valence-electron chi connectivity index (χ2n) is 4.96. The molecule has 5 heteroatoms. The van der Waals surface area contributed by atoms with Crippen molar-refractivity contribution in [2.24, 2.45) is 0 Å². The van der Waals surface area contributed by atoms with Gasteiger partial charge in [-0.25, -0.2) is 0 Å². The van der Waals surface area contributed by atoms with E-state index in [0.717, 1.165) is 12.8 Å². The Morgan fingerprint density at radius 1 is 1.40 bits per heavy atom. The first-order chi connectivity index (χ1) is 9.72. The molecule has 0 bridgehead atoms. The number of benzene rings is 1. The molecule has 1 aromatic carbocycles. The van der Waals surface area contributed by atoms with E-state index in [1.165, 1.54) is 20.0 Å². The van der Waals surface area contributed by atoms with E-state index in [9.17, 15) is 4.79 Å². The lowest BCUT2D eigenvalue weighted by molar-refractivity contribution is 0.0581. The first-order valence-corrected chi connectivity index (χ1v) is 7.04. The van der Waals surface area contributed by atoms with Crippen molar-refractivity contribution < 1.29 is 14.3 Å². The largest absolute Gasteiger partial charge is 0.496 e. The summed E-state index contributed by atoms with van der Waals surface area (Å²) in [4.78, 5) is 12.1. The van der Waals surface area contributed by atoms with Crippen molar-refractivity contribution in [3.63, 3.8) is 0 Å². The van der Waals surface area contributed by atoms with Crippen LogP contribution in [-0.2, 0) is 4.74 Å². The molecular formula is C15H22N2O3. The van der Waals surface area contributed by atoms with Gasteiger partial charge >= 0.3 is 0 Å². The summed E-state index contributed by atoms with van der Waals surface area (Å²) < 4.78 is 10.9. The zero-order valence-corrected chi connectivity index (χ0v) is 11.9. The molecule has 0 heterocycles. The fraction of sp³-hybridized carbons (Fsp3) is 0.533. The van der Waals surface area contributed by atoms with Crippen LogP contribution in [0.3, 0.4) is 0 Å². The van der Waals surface area contributed by atoms with Crippen LogP contribution in [0.15, 0.2) is 18.2 Å². The number of hydrogen-bond acceptors (Lipinski definition) is 4. The van der Waals surface area contributed by atoms with Crippen LogP contribution in [0.4, 0.5) is 5.69 Å². The van der Waals surface area contributed by atoms with Crippen molar-refractivity contribution >= 4 is 11.6 Å². The van der Waals surface area contributed by atoms with Gasteiger partial charge in [0.1, 0.15) is 11.3 Å². The van der Waals surface area contributed by atoms with E-state index < -0.39 is 0 Å². The lowest BCUT2D eigenvalue weighted by Crippen LogP contribution is -2.29. The van der Waals surface area contributed by atoms with Crippen molar-refractivity contribution in [1.82, 2.24) is 5.32 Å². The molecular weight excluding hydrogens is 256 g/mol. The highest BCUT2D eigenvalue weighted by Crippen LogP contribution is 2.24. The number of nitrogens with one attached hydrogen (secondary N) is 1. The molecule has 1 saturated carbocycles. The predicted molar refractivity (Wildman–Crippen MR) is 77.9 cm³/mol. The molecule has 1 aliphatic rings. The maximum absolute atomic E-state index is 12.1. The second-order valence-corrected chi connectivity index (χ2v) is 4.96. The SMILES string of the molecule is COc1cccc(N)c1C(=O)NCCOC1CCCC1. The zero-order chi connectivity index (χ0) is 14.4. The Hall–Kier alpha value is -1.75. The molecule has 110 valence electrons. The number of hydrogen-bond donors (Lipinski definition) is 2. The Morgan fingerprint density at radius 3 is 2.85 bits per heavy atom. The molecule has 0 spiro atoms. The standard InChI is InChI=1S/C15H22N2O3/c1-19-13-8-4-7-12(16)14(13)15(18)17-9-10-20-11-5-2-3-6-11/h4,7-8,11H,2-3,5-6,9-10,16H2,1H3,(H,17,18). The summed E-state index contributed by atoms with van der Waals surface area (Å²) >= 11 is 0. The molecule has 5 nitrogen and oxygen atoms in total. The van der Waals surface area contributed by atoms with Gasteiger partial charge in [-0.2, -0.15) is 0 Å². The highest BCUT2D eigenvalue weighted by Gasteiger charge is 2.17. The molecule has 20 heavy (non-hydrogen) atoms. The molecule has 1 fully saturated rings. The summed E-state index contributed by atoms with van der Waals surface area (Å²) in [5, 5.41) is 2.81. The Balaban J connectivity index is 1.82. The third-order valence-electron chi connectivity index (χ3n) is 3.55. The van der Waals surface area contributed by atoms with Crippen molar-refractivity contribution in [3.8, 4) is 5.75 Å². The van der Waals surface area contributed by atoms with Crippen LogP contribution in [0.5, 0.6) is 5.75 Å². The average molecular weight is 278 g/mol. The first-order valence-electron chi connectivity index (χ1n) is 7.04. The number of ether oxygens (including phenoxy) is 2. The Labute approximate surface area is 119 Å². The van der Waals surface area contributed by atoms with Crippen molar-refractivity contribution in [3.05, 3.63) is 23.8 Å². The van der Waals surface area contributed by atoms with E-state index in [2.05, 4.69) is 5.32 Å². The summed E-state index contributed by atoms with van der Waals surface area (Å²) in [6, 6.07) is 5.17. The molecule has 0 radical (unpaired) electrons. The average Bonchev–Trinajstić information content (AvgIpc) is 2.96. The van der Waals surface area contributed by atoms with Gasteiger partial charge < -0.3 is 20.5 Å². The monoisotopic (exact) mass is 278 g/mol. The van der Waals surface area contributed by atoms with Crippen molar-refractivity contribution in [1.29, 1.82) is 0 Å². The molecule has 0 saturated heterocycles. The van der Waals surface area contributed by atoms with Crippen LogP contribution in [-0.4, -0.2) is 32.3 Å². The summed E-state index contributed by atoms with van der Waals surface area (Å²) in [6.07, 6.45) is 5.12. The third kappa shape index (κ3) is 3.63. The molecule has 0 aliphatic heterocycles. The Kier molecular flexibility index (Phi) is 5.24. The van der Waals surface area contributed by atoms with E-state index in [4.69, 9.17) is 15.2 Å². The van der Waals surface area contributed by atoms with Gasteiger partial charge in [0.05, 0.1) is 19.8 Å². The minimum atomic E-state index is -0.227. The lowest BCUT2D eigenvalue weighted by atomic mass is 10.1. The van der Waals surface area contributed by atoms with Gasteiger partial charge in [0.15, 0.2) is 0 Å². The lowest BCUT2D eigenvalue weighted by Gasteiger charge is -2.13. The number of nitrogen functional groups attached to an aromatic ring is 1. The molecule has 0 atom stereocenters. The summed E-state index contributed by atoms with van der Waals surface area (Å²) in [5.41, 5.74) is 6.63. The normalized spacial score (nSPS) is 15.2. The van der Waals surface area contributed by atoms with Crippen LogP contribution in [0.2, 0.25) is 0 Å². The molecule has 1 amide bonds. The van der Waals surface area contributed by atoms with E-state index in [-0.39, 0.29) is 5.91 Å². The summed E-state index contributed by atoms with van der Waals surface area (Å²) in [6.45, 7) is 1.01. The number of methoxy groups -OCH3 is 1. The number of nitrogens with two attached hydrogens (primary N) is 1. The topological polar surface area (TPSA) is 73.6 Å². The van der Waals surface area contributed by atoms with Crippen LogP contribution >= 0.6 is 0 Å². The number of carbonyl (C=O) groups excluding carboxylic acids is 1. The maximum atomic E-state index is 12.1. The number of amides is 1. The Bertz CT molecular complexity index is 456. The van der Waals surface area contributed by atoms with E-state index in [1.807, 2.05) is 0 Å². The molecule has 0 aromatic heterocycles. The highest BCUT2D eigenvalue weighted by atomic mass is 16.5. The maximum Gasteiger partial charge on any atom is 0.257 e. The van der Waals surface area contributed by atoms with Gasteiger partial charge in [0.25, 0.3) is 5.91 Å². The van der Waals surface area contributed by atoms with Crippen LogP contribution in [0.25, 0.3) is 0 Å². The van der Waals surface area contributed by atoms with Crippen molar-refractivity contribution in [2.75, 3.05) is 26.0 Å². The zero-order valence-electron chi connectivity index (χ0n) is 11.9. The quantitative estimate of drug-likeness (QED) is 0.616. The Morgan fingerprint density at radius 2 is 2.15 bits per heavy atom. The van der Waals surface area contributed by atoms with Gasteiger partial charge in [-0.15, -0.1) is 0 Å². The minimum absolute atomic E-state index is 0.227.